The highest BCUT2D eigenvalue weighted by Crippen LogP contribution is 2.32. The topological polar surface area (TPSA) is 26.0 Å². The SMILES string of the molecule is CC(C)C(C)C(N)c1cc(Cl)c(Br)cc1F. The minimum absolute atomic E-state index is 0.201. The molecule has 90 valence electrons. The Morgan fingerprint density at radius 1 is 1.31 bits per heavy atom. The van der Waals surface area contributed by atoms with Crippen molar-refractivity contribution >= 4 is 27.5 Å². The molecule has 0 fully saturated rings. The lowest BCUT2D eigenvalue weighted by atomic mass is 9.86. The maximum Gasteiger partial charge on any atom is 0.129 e. The van der Waals surface area contributed by atoms with E-state index in [1.165, 1.54) is 6.07 Å². The Kier molecular flexibility index (Phi) is 4.77. The molecule has 0 aromatic heterocycles. The van der Waals surface area contributed by atoms with Crippen molar-refractivity contribution < 1.29 is 4.39 Å². The smallest absolute Gasteiger partial charge is 0.129 e. The maximum absolute atomic E-state index is 13.7. The molecule has 2 atom stereocenters. The van der Waals surface area contributed by atoms with Crippen LogP contribution in [0, 0.1) is 17.7 Å². The van der Waals surface area contributed by atoms with Gasteiger partial charge in [-0.3, -0.25) is 0 Å². The molecule has 0 saturated heterocycles. The molecule has 0 amide bonds. The van der Waals surface area contributed by atoms with Crippen molar-refractivity contribution in [3.63, 3.8) is 0 Å². The van der Waals surface area contributed by atoms with E-state index in [0.717, 1.165) is 0 Å². The third kappa shape index (κ3) is 2.96. The van der Waals surface area contributed by atoms with E-state index < -0.39 is 0 Å². The van der Waals surface area contributed by atoms with Gasteiger partial charge in [0, 0.05) is 16.1 Å². The van der Waals surface area contributed by atoms with Crippen LogP contribution in [0.25, 0.3) is 0 Å². The van der Waals surface area contributed by atoms with Crippen molar-refractivity contribution in [2.75, 3.05) is 0 Å². The van der Waals surface area contributed by atoms with Gasteiger partial charge < -0.3 is 5.73 Å². The summed E-state index contributed by atoms with van der Waals surface area (Å²) in [6.45, 7) is 6.16. The summed E-state index contributed by atoms with van der Waals surface area (Å²) in [5.41, 5.74) is 6.53. The number of benzene rings is 1. The predicted octanol–water partition coefficient (Wildman–Crippen LogP) is 4.53. The van der Waals surface area contributed by atoms with Gasteiger partial charge in [0.05, 0.1) is 5.02 Å². The molecule has 1 aromatic rings. The third-order valence-corrected chi connectivity index (χ3v) is 4.21. The second-order valence-electron chi connectivity index (χ2n) is 4.42. The third-order valence-electron chi connectivity index (χ3n) is 3.02. The first-order valence-electron chi connectivity index (χ1n) is 5.24. The Labute approximate surface area is 109 Å². The fourth-order valence-electron chi connectivity index (χ4n) is 1.49. The summed E-state index contributed by atoms with van der Waals surface area (Å²) in [6, 6.07) is 2.64. The van der Waals surface area contributed by atoms with Crippen LogP contribution in [-0.2, 0) is 0 Å². The van der Waals surface area contributed by atoms with Crippen LogP contribution in [0.1, 0.15) is 32.4 Å². The summed E-state index contributed by atoms with van der Waals surface area (Å²) in [6.07, 6.45) is 0. The average molecular weight is 309 g/mol. The van der Waals surface area contributed by atoms with Crippen molar-refractivity contribution in [3.05, 3.63) is 33.0 Å². The largest absolute Gasteiger partial charge is 0.324 e. The zero-order chi connectivity index (χ0) is 12.5. The summed E-state index contributed by atoms with van der Waals surface area (Å²) < 4.78 is 14.3. The molecule has 0 spiro atoms. The van der Waals surface area contributed by atoms with Crippen molar-refractivity contribution in [1.82, 2.24) is 0 Å². The van der Waals surface area contributed by atoms with Crippen LogP contribution in [0.2, 0.25) is 5.02 Å². The van der Waals surface area contributed by atoms with E-state index in [4.69, 9.17) is 17.3 Å². The Bertz CT molecular complexity index is 382. The van der Waals surface area contributed by atoms with Crippen LogP contribution < -0.4 is 5.73 Å². The first-order valence-corrected chi connectivity index (χ1v) is 6.41. The van der Waals surface area contributed by atoms with Gasteiger partial charge in [0.1, 0.15) is 5.82 Å². The molecule has 1 rings (SSSR count). The standard InChI is InChI=1S/C12H16BrClFN/c1-6(2)7(3)12(16)8-4-10(14)9(13)5-11(8)15/h4-7,12H,16H2,1-3H3. The molecule has 0 saturated carbocycles. The number of hydrogen-bond acceptors (Lipinski definition) is 1. The predicted molar refractivity (Wildman–Crippen MR) is 70.0 cm³/mol. The quantitative estimate of drug-likeness (QED) is 0.816. The van der Waals surface area contributed by atoms with E-state index in [2.05, 4.69) is 29.8 Å². The van der Waals surface area contributed by atoms with Gasteiger partial charge in [-0.1, -0.05) is 32.4 Å². The van der Waals surface area contributed by atoms with Gasteiger partial charge in [0.2, 0.25) is 0 Å². The Morgan fingerprint density at radius 3 is 2.38 bits per heavy atom. The van der Waals surface area contributed by atoms with Crippen molar-refractivity contribution in [2.45, 2.75) is 26.8 Å². The molecule has 2 N–H and O–H groups in total. The Balaban J connectivity index is 3.08. The molecule has 0 heterocycles. The highest BCUT2D eigenvalue weighted by Gasteiger charge is 2.21. The van der Waals surface area contributed by atoms with Crippen LogP contribution in [0.3, 0.4) is 0 Å². The molecule has 2 unspecified atom stereocenters. The molecule has 0 aliphatic heterocycles. The van der Waals surface area contributed by atoms with Gasteiger partial charge >= 0.3 is 0 Å². The van der Waals surface area contributed by atoms with Crippen molar-refractivity contribution in [3.8, 4) is 0 Å². The number of halogens is 3. The normalized spacial score (nSPS) is 15.2. The van der Waals surface area contributed by atoms with Gasteiger partial charge in [0.15, 0.2) is 0 Å². The fraction of sp³-hybridized carbons (Fsp3) is 0.500. The van der Waals surface area contributed by atoms with Crippen LogP contribution in [0.15, 0.2) is 16.6 Å². The lowest BCUT2D eigenvalue weighted by Gasteiger charge is -2.24. The lowest BCUT2D eigenvalue weighted by molar-refractivity contribution is 0.345. The molecule has 0 aliphatic rings. The van der Waals surface area contributed by atoms with Crippen LogP contribution in [0.5, 0.6) is 0 Å². The summed E-state index contributed by atoms with van der Waals surface area (Å²) in [5, 5.41) is 0.489. The molecular weight excluding hydrogens is 292 g/mol. The molecule has 1 aromatic carbocycles. The first kappa shape index (κ1) is 13.9. The second kappa shape index (κ2) is 5.48. The molecule has 1 nitrogen and oxygen atoms in total. The van der Waals surface area contributed by atoms with E-state index in [9.17, 15) is 4.39 Å². The molecule has 0 bridgehead atoms. The summed E-state index contributed by atoms with van der Waals surface area (Å²) in [4.78, 5) is 0. The van der Waals surface area contributed by atoms with E-state index in [1.54, 1.807) is 6.07 Å². The fourth-order valence-corrected chi connectivity index (χ4v) is 1.98. The van der Waals surface area contributed by atoms with E-state index >= 15 is 0 Å². The average Bonchev–Trinajstić information content (AvgIpc) is 2.21. The van der Waals surface area contributed by atoms with E-state index in [1.807, 2.05) is 6.92 Å². The summed E-state index contributed by atoms with van der Waals surface area (Å²) >= 11 is 9.13. The van der Waals surface area contributed by atoms with Crippen LogP contribution >= 0.6 is 27.5 Å². The molecule has 0 aliphatic carbocycles. The monoisotopic (exact) mass is 307 g/mol. The first-order chi connectivity index (χ1) is 7.34. The van der Waals surface area contributed by atoms with Gasteiger partial charge in [-0.05, 0) is 39.9 Å². The molecule has 4 heteroatoms. The Hall–Kier alpha value is -0.120. The van der Waals surface area contributed by atoms with Gasteiger partial charge in [-0.2, -0.15) is 0 Å². The highest BCUT2D eigenvalue weighted by molar-refractivity contribution is 9.10. The molecule has 16 heavy (non-hydrogen) atoms. The maximum atomic E-state index is 13.7. The van der Waals surface area contributed by atoms with Gasteiger partial charge in [-0.25, -0.2) is 4.39 Å². The van der Waals surface area contributed by atoms with Crippen molar-refractivity contribution in [1.29, 1.82) is 0 Å². The summed E-state index contributed by atoms with van der Waals surface area (Å²) in [5.74, 6) is 0.292. The van der Waals surface area contributed by atoms with Gasteiger partial charge in [0.25, 0.3) is 0 Å². The number of rotatable bonds is 3. The zero-order valence-corrected chi connectivity index (χ0v) is 11.9. The Morgan fingerprint density at radius 2 is 1.88 bits per heavy atom. The van der Waals surface area contributed by atoms with Gasteiger partial charge in [-0.15, -0.1) is 0 Å². The molecular formula is C12H16BrClFN. The second-order valence-corrected chi connectivity index (χ2v) is 5.68. The van der Waals surface area contributed by atoms with Crippen molar-refractivity contribution in [2.24, 2.45) is 17.6 Å². The zero-order valence-electron chi connectivity index (χ0n) is 9.60. The van der Waals surface area contributed by atoms with E-state index in [-0.39, 0.29) is 17.8 Å². The number of hydrogen-bond donors (Lipinski definition) is 1. The van der Waals surface area contributed by atoms with Crippen LogP contribution in [0.4, 0.5) is 4.39 Å². The van der Waals surface area contributed by atoms with E-state index in [0.29, 0.717) is 21.0 Å². The lowest BCUT2D eigenvalue weighted by Crippen LogP contribution is -2.24. The highest BCUT2D eigenvalue weighted by atomic mass is 79.9. The minimum Gasteiger partial charge on any atom is -0.324 e. The molecule has 0 radical (unpaired) electrons. The van der Waals surface area contributed by atoms with Crippen LogP contribution in [-0.4, -0.2) is 0 Å². The summed E-state index contributed by atoms with van der Waals surface area (Å²) in [7, 11) is 0. The minimum atomic E-state index is -0.328. The number of nitrogens with two attached hydrogens (primary N) is 1.